The van der Waals surface area contributed by atoms with Crippen LogP contribution in [0, 0.1) is 0 Å². The van der Waals surface area contributed by atoms with Crippen molar-refractivity contribution in [1.29, 1.82) is 0 Å². The van der Waals surface area contributed by atoms with Gasteiger partial charge in [0.2, 0.25) is 11.8 Å². The molecule has 6 N–H and O–H groups in total. The maximum Gasteiger partial charge on any atom is 0.408 e. The van der Waals surface area contributed by atoms with Crippen LogP contribution in [0.3, 0.4) is 0 Å². The van der Waals surface area contributed by atoms with Gasteiger partial charge in [0.05, 0.1) is 0 Å². The average molecular weight is 461 g/mol. The van der Waals surface area contributed by atoms with Crippen LogP contribution in [0.2, 0.25) is 0 Å². The smallest absolute Gasteiger partial charge is 0.408 e. The topological polar surface area (TPSA) is 137 Å². The maximum atomic E-state index is 13.1. The number of hydrogen-bond acceptors (Lipinski definition) is 5. The molecule has 34 heavy (non-hydrogen) atoms. The van der Waals surface area contributed by atoms with Gasteiger partial charge in [0.1, 0.15) is 18.7 Å². The highest BCUT2D eigenvalue weighted by Crippen LogP contribution is 2.10. The van der Waals surface area contributed by atoms with Crippen LogP contribution >= 0.6 is 0 Å². The Morgan fingerprint density at radius 2 is 1.24 bits per heavy atom. The number of benzene rings is 3. The van der Waals surface area contributed by atoms with Gasteiger partial charge in [-0.2, -0.15) is 0 Å². The minimum absolute atomic E-state index is 0.0629. The molecule has 0 aliphatic rings. The fourth-order valence-electron chi connectivity index (χ4n) is 3.35. The summed E-state index contributed by atoms with van der Waals surface area (Å²) in [4.78, 5) is 37.6. The normalized spacial score (nSPS) is 12.2. The number of nitrogens with one attached hydrogen (secondary N) is 2. The maximum absolute atomic E-state index is 13.1. The molecule has 2 atom stereocenters. The van der Waals surface area contributed by atoms with Crippen molar-refractivity contribution in [3.05, 3.63) is 102 Å². The van der Waals surface area contributed by atoms with Gasteiger partial charge in [0, 0.05) is 18.5 Å². The van der Waals surface area contributed by atoms with Crippen LogP contribution in [0.5, 0.6) is 0 Å². The number of nitrogen functional groups attached to an aromatic ring is 1. The molecule has 0 aromatic heterocycles. The molecule has 3 aromatic carbocycles. The summed E-state index contributed by atoms with van der Waals surface area (Å²) in [7, 11) is 0. The Labute approximate surface area is 198 Å². The highest BCUT2D eigenvalue weighted by Gasteiger charge is 2.26. The molecule has 8 nitrogen and oxygen atoms in total. The van der Waals surface area contributed by atoms with E-state index in [2.05, 4.69) is 10.6 Å². The van der Waals surface area contributed by atoms with Crippen molar-refractivity contribution < 1.29 is 19.1 Å². The second-order valence-electron chi connectivity index (χ2n) is 7.86. The van der Waals surface area contributed by atoms with Crippen LogP contribution in [0.15, 0.2) is 84.9 Å². The van der Waals surface area contributed by atoms with E-state index in [0.717, 1.165) is 16.7 Å². The van der Waals surface area contributed by atoms with Gasteiger partial charge < -0.3 is 26.8 Å². The Bertz CT molecular complexity index is 1090. The molecule has 0 aliphatic heterocycles. The Balaban J connectivity index is 1.68. The Kier molecular flexibility index (Phi) is 8.62. The first-order valence-electron chi connectivity index (χ1n) is 10.9. The largest absolute Gasteiger partial charge is 0.445 e. The predicted molar refractivity (Wildman–Crippen MR) is 129 cm³/mol. The molecule has 8 heteroatoms. The number of amides is 3. The van der Waals surface area contributed by atoms with E-state index in [-0.39, 0.29) is 19.4 Å². The summed E-state index contributed by atoms with van der Waals surface area (Å²) in [5, 5.41) is 5.27. The first-order valence-corrected chi connectivity index (χ1v) is 10.9. The van der Waals surface area contributed by atoms with Crippen molar-refractivity contribution in [1.82, 2.24) is 10.6 Å². The number of carbonyl (C=O) groups excluding carboxylic acids is 3. The van der Waals surface area contributed by atoms with E-state index in [4.69, 9.17) is 16.2 Å². The molecular weight excluding hydrogens is 432 g/mol. The molecular formula is C26H28N4O4. The summed E-state index contributed by atoms with van der Waals surface area (Å²) in [6.45, 7) is 0.0629. The molecule has 0 radical (unpaired) electrons. The molecule has 0 heterocycles. The lowest BCUT2D eigenvalue weighted by Gasteiger charge is -2.22. The fraction of sp³-hybridized carbons (Fsp3) is 0.192. The van der Waals surface area contributed by atoms with Crippen molar-refractivity contribution in [2.75, 3.05) is 5.73 Å². The standard InChI is InChI=1S/C26H28N4O4/c27-21-13-11-19(12-14-21)15-22(24(28)31)29-25(32)23(16-18-7-3-1-4-8-18)30-26(33)34-17-20-9-5-2-6-10-20/h1-14,22-23H,15-17,27H2,(H2,28,31)(H,29,32)(H,30,33)/t22-,23-/m0/s1. The van der Waals surface area contributed by atoms with Crippen molar-refractivity contribution in [3.63, 3.8) is 0 Å². The van der Waals surface area contributed by atoms with E-state index >= 15 is 0 Å². The van der Waals surface area contributed by atoms with Crippen LogP contribution in [0.1, 0.15) is 16.7 Å². The van der Waals surface area contributed by atoms with Gasteiger partial charge in [-0.1, -0.05) is 72.8 Å². The van der Waals surface area contributed by atoms with Crippen molar-refractivity contribution in [2.24, 2.45) is 5.73 Å². The van der Waals surface area contributed by atoms with Gasteiger partial charge in [-0.3, -0.25) is 9.59 Å². The third-order valence-corrected chi connectivity index (χ3v) is 5.18. The van der Waals surface area contributed by atoms with E-state index in [1.807, 2.05) is 60.7 Å². The van der Waals surface area contributed by atoms with Gasteiger partial charge in [0.25, 0.3) is 0 Å². The van der Waals surface area contributed by atoms with E-state index < -0.39 is 30.0 Å². The number of primary amides is 1. The van der Waals surface area contributed by atoms with Gasteiger partial charge in [-0.15, -0.1) is 0 Å². The SMILES string of the molecule is NC(=O)[C@H](Cc1ccc(N)cc1)NC(=O)[C@H](Cc1ccccc1)NC(=O)OCc1ccccc1. The second-order valence-corrected chi connectivity index (χ2v) is 7.86. The summed E-state index contributed by atoms with van der Waals surface area (Å²) in [6.07, 6.45) is -0.340. The highest BCUT2D eigenvalue weighted by molar-refractivity contribution is 5.91. The summed E-state index contributed by atoms with van der Waals surface area (Å²) in [5.74, 6) is -1.23. The van der Waals surface area contributed by atoms with E-state index in [1.54, 1.807) is 24.3 Å². The molecule has 0 fully saturated rings. The average Bonchev–Trinajstić information content (AvgIpc) is 2.84. The molecule has 0 aliphatic carbocycles. The van der Waals surface area contributed by atoms with Crippen LogP contribution in [-0.4, -0.2) is 30.0 Å². The number of anilines is 1. The second kappa shape index (κ2) is 12.1. The summed E-state index contributed by atoms with van der Waals surface area (Å²) >= 11 is 0. The summed E-state index contributed by atoms with van der Waals surface area (Å²) in [6, 6.07) is 23.4. The van der Waals surface area contributed by atoms with E-state index in [0.29, 0.717) is 5.69 Å². The van der Waals surface area contributed by atoms with Gasteiger partial charge in [-0.25, -0.2) is 4.79 Å². The monoisotopic (exact) mass is 460 g/mol. The van der Waals surface area contributed by atoms with Crippen LogP contribution in [-0.2, 0) is 33.8 Å². The lowest BCUT2D eigenvalue weighted by Crippen LogP contribution is -2.54. The molecule has 0 unspecified atom stereocenters. The minimum Gasteiger partial charge on any atom is -0.445 e. The molecule has 3 aromatic rings. The fourth-order valence-corrected chi connectivity index (χ4v) is 3.35. The number of rotatable bonds is 10. The molecule has 176 valence electrons. The molecule has 0 bridgehead atoms. The first-order chi connectivity index (χ1) is 16.4. The summed E-state index contributed by atoms with van der Waals surface area (Å²) < 4.78 is 5.27. The van der Waals surface area contributed by atoms with E-state index in [9.17, 15) is 14.4 Å². The van der Waals surface area contributed by atoms with Crippen LogP contribution in [0.25, 0.3) is 0 Å². The molecule has 0 saturated heterocycles. The van der Waals surface area contributed by atoms with Crippen molar-refractivity contribution in [2.45, 2.75) is 31.5 Å². The quantitative estimate of drug-likeness (QED) is 0.344. The number of hydrogen-bond donors (Lipinski definition) is 4. The number of ether oxygens (including phenoxy) is 1. The predicted octanol–water partition coefficient (Wildman–Crippen LogP) is 2.32. The molecule has 3 amide bonds. The third kappa shape index (κ3) is 7.67. The summed E-state index contributed by atoms with van der Waals surface area (Å²) in [5.41, 5.74) is 14.3. The Morgan fingerprint density at radius 1 is 0.706 bits per heavy atom. The third-order valence-electron chi connectivity index (χ3n) is 5.18. The van der Waals surface area contributed by atoms with Crippen molar-refractivity contribution >= 4 is 23.6 Å². The lowest BCUT2D eigenvalue weighted by atomic mass is 10.0. The zero-order valence-electron chi connectivity index (χ0n) is 18.6. The van der Waals surface area contributed by atoms with Gasteiger partial charge in [-0.05, 0) is 28.8 Å². The van der Waals surface area contributed by atoms with Crippen molar-refractivity contribution in [3.8, 4) is 0 Å². The van der Waals surface area contributed by atoms with Gasteiger partial charge >= 0.3 is 6.09 Å². The molecule has 0 spiro atoms. The highest BCUT2D eigenvalue weighted by atomic mass is 16.5. The number of nitrogens with two attached hydrogens (primary N) is 2. The van der Waals surface area contributed by atoms with Crippen LogP contribution < -0.4 is 22.1 Å². The molecule has 0 saturated carbocycles. The number of carbonyl (C=O) groups is 3. The Hall–Kier alpha value is -4.33. The Morgan fingerprint density at radius 3 is 1.82 bits per heavy atom. The zero-order valence-corrected chi connectivity index (χ0v) is 18.6. The lowest BCUT2D eigenvalue weighted by molar-refractivity contribution is -0.128. The van der Waals surface area contributed by atoms with Gasteiger partial charge in [0.15, 0.2) is 0 Å². The first kappa shape index (κ1) is 24.3. The van der Waals surface area contributed by atoms with E-state index in [1.165, 1.54) is 0 Å². The number of alkyl carbamates (subject to hydrolysis) is 1. The minimum atomic E-state index is -0.973. The molecule has 3 rings (SSSR count). The zero-order chi connectivity index (χ0) is 24.3. The van der Waals surface area contributed by atoms with Crippen LogP contribution in [0.4, 0.5) is 10.5 Å².